The van der Waals surface area contributed by atoms with Crippen LogP contribution < -0.4 is 15.4 Å². The van der Waals surface area contributed by atoms with Gasteiger partial charge in [0.15, 0.2) is 5.82 Å². The lowest BCUT2D eigenvalue weighted by molar-refractivity contribution is 0.387. The van der Waals surface area contributed by atoms with E-state index in [9.17, 15) is 0 Å². The topological polar surface area (TPSA) is 111 Å². The van der Waals surface area contributed by atoms with Gasteiger partial charge in [0.1, 0.15) is 5.75 Å². The quantitative estimate of drug-likeness (QED) is 0.276. The Hall–Kier alpha value is -4.37. The largest absolute Gasteiger partial charge is 0.437 e. The third-order valence-electron chi connectivity index (χ3n) is 7.02. The Morgan fingerprint density at radius 1 is 0.974 bits per heavy atom. The zero-order valence-electron chi connectivity index (χ0n) is 22.1. The number of nitrogens with one attached hydrogen (secondary N) is 2. The lowest BCUT2D eigenvalue weighted by atomic mass is 9.98. The third-order valence-corrected chi connectivity index (χ3v) is 7.02. The zero-order chi connectivity index (χ0) is 26.6. The maximum atomic E-state index is 6.58. The summed E-state index contributed by atoms with van der Waals surface area (Å²) in [4.78, 5) is 18.2. The summed E-state index contributed by atoms with van der Waals surface area (Å²) in [5.41, 5.74) is 3.79. The number of nitrogens with zero attached hydrogens (tertiary/aromatic N) is 5. The van der Waals surface area contributed by atoms with Crippen molar-refractivity contribution >= 4 is 16.7 Å². The van der Waals surface area contributed by atoms with Crippen LogP contribution in [0.15, 0.2) is 65.4 Å². The fraction of sp³-hybridized carbons (Fsp3) is 0.300. The zero-order valence-corrected chi connectivity index (χ0v) is 22.1. The van der Waals surface area contributed by atoms with Gasteiger partial charge in [0.2, 0.25) is 17.7 Å². The molecule has 0 unspecified atom stereocenters. The first-order valence-corrected chi connectivity index (χ1v) is 13.4. The summed E-state index contributed by atoms with van der Waals surface area (Å²) >= 11 is 0. The number of fused-ring (bicyclic) bond motifs is 1. The molecule has 1 fully saturated rings. The Morgan fingerprint density at radius 3 is 2.77 bits per heavy atom. The molecule has 1 saturated heterocycles. The average molecular weight is 522 g/mol. The molecule has 2 N–H and O–H groups in total. The summed E-state index contributed by atoms with van der Waals surface area (Å²) in [7, 11) is 0. The van der Waals surface area contributed by atoms with Gasteiger partial charge in [0.05, 0.1) is 11.3 Å². The second-order valence-corrected chi connectivity index (χ2v) is 9.86. The van der Waals surface area contributed by atoms with Gasteiger partial charge in [-0.1, -0.05) is 35.5 Å². The molecule has 1 atom stereocenters. The van der Waals surface area contributed by atoms with Crippen LogP contribution in [-0.2, 0) is 12.8 Å². The van der Waals surface area contributed by atoms with Crippen LogP contribution in [0.3, 0.4) is 0 Å². The van der Waals surface area contributed by atoms with Crippen molar-refractivity contribution in [3.05, 3.63) is 83.8 Å². The minimum absolute atomic E-state index is 0.315. The van der Waals surface area contributed by atoms with Crippen molar-refractivity contribution in [3.8, 4) is 22.9 Å². The van der Waals surface area contributed by atoms with Crippen LogP contribution in [0.4, 0.5) is 5.95 Å². The number of pyridine rings is 1. The van der Waals surface area contributed by atoms with E-state index < -0.39 is 0 Å². The van der Waals surface area contributed by atoms with Crippen LogP contribution in [0.1, 0.15) is 35.7 Å². The molecular formula is C30H31N7O2. The van der Waals surface area contributed by atoms with E-state index in [1.54, 1.807) is 19.3 Å². The van der Waals surface area contributed by atoms with E-state index >= 15 is 0 Å². The molecular weight excluding hydrogens is 490 g/mol. The maximum Gasteiger partial charge on any atom is 0.228 e. The van der Waals surface area contributed by atoms with Crippen LogP contribution in [0.5, 0.6) is 11.6 Å². The molecule has 1 aliphatic rings. The lowest BCUT2D eigenvalue weighted by Gasteiger charge is -2.23. The molecule has 0 radical (unpaired) electrons. The van der Waals surface area contributed by atoms with E-state index in [0.717, 1.165) is 65.7 Å². The maximum absolute atomic E-state index is 6.58. The first-order valence-electron chi connectivity index (χ1n) is 13.4. The number of aryl methyl sites for hydroxylation is 4. The molecule has 9 heteroatoms. The van der Waals surface area contributed by atoms with Crippen LogP contribution in [0.2, 0.25) is 0 Å². The van der Waals surface area contributed by atoms with Gasteiger partial charge in [-0.15, -0.1) is 0 Å². The number of ether oxygens (including phenoxy) is 1. The van der Waals surface area contributed by atoms with Crippen LogP contribution >= 0.6 is 0 Å². The highest BCUT2D eigenvalue weighted by atomic mass is 16.5. The van der Waals surface area contributed by atoms with Crippen molar-refractivity contribution in [1.29, 1.82) is 0 Å². The molecule has 6 rings (SSSR count). The van der Waals surface area contributed by atoms with Gasteiger partial charge in [0.25, 0.3) is 0 Å². The van der Waals surface area contributed by atoms with Gasteiger partial charge in [0, 0.05) is 43.7 Å². The van der Waals surface area contributed by atoms with Crippen molar-refractivity contribution < 1.29 is 9.26 Å². The van der Waals surface area contributed by atoms with Gasteiger partial charge in [-0.2, -0.15) is 4.98 Å². The number of anilines is 1. The Morgan fingerprint density at radius 2 is 1.92 bits per heavy atom. The predicted molar refractivity (Wildman–Crippen MR) is 150 cm³/mol. The molecule has 0 spiro atoms. The van der Waals surface area contributed by atoms with E-state index in [1.807, 2.05) is 18.2 Å². The summed E-state index contributed by atoms with van der Waals surface area (Å²) in [6.07, 6.45) is 7.25. The molecule has 198 valence electrons. The first-order chi connectivity index (χ1) is 19.1. The molecule has 9 nitrogen and oxygen atoms in total. The van der Waals surface area contributed by atoms with Crippen molar-refractivity contribution in [1.82, 2.24) is 30.4 Å². The molecule has 0 amide bonds. The van der Waals surface area contributed by atoms with Gasteiger partial charge in [-0.25, -0.2) is 15.0 Å². The van der Waals surface area contributed by atoms with Crippen LogP contribution in [-0.4, -0.2) is 44.2 Å². The number of rotatable bonds is 8. The Bertz CT molecular complexity index is 1590. The summed E-state index contributed by atoms with van der Waals surface area (Å²) in [6.45, 7) is 5.83. The fourth-order valence-corrected chi connectivity index (χ4v) is 5.05. The van der Waals surface area contributed by atoms with Gasteiger partial charge in [-0.3, -0.25) is 0 Å². The Balaban J connectivity index is 1.30. The Kier molecular flexibility index (Phi) is 7.14. The molecule has 39 heavy (non-hydrogen) atoms. The highest BCUT2D eigenvalue weighted by Gasteiger charge is 2.17. The van der Waals surface area contributed by atoms with Gasteiger partial charge < -0.3 is 19.9 Å². The molecule has 2 aromatic carbocycles. The highest BCUT2D eigenvalue weighted by molar-refractivity contribution is 5.92. The van der Waals surface area contributed by atoms with E-state index in [1.165, 1.54) is 5.56 Å². The summed E-state index contributed by atoms with van der Waals surface area (Å²) in [5.74, 6) is 3.19. The van der Waals surface area contributed by atoms with E-state index in [2.05, 4.69) is 68.0 Å². The average Bonchev–Trinajstić information content (AvgIpc) is 3.39. The SMILES string of the molecule is Cc1nc(CCc2cccc3c(Oc4ncccc4-c4ccnc(N[C@H]5CCCNC5)n4)c(C)ccc23)no1. The Labute approximate surface area is 227 Å². The lowest BCUT2D eigenvalue weighted by Crippen LogP contribution is -2.38. The molecule has 0 bridgehead atoms. The normalized spacial score (nSPS) is 15.4. The van der Waals surface area contributed by atoms with E-state index in [0.29, 0.717) is 36.0 Å². The molecule has 3 aromatic heterocycles. The number of hydrogen-bond donors (Lipinski definition) is 2. The van der Waals surface area contributed by atoms with Crippen molar-refractivity contribution in [3.63, 3.8) is 0 Å². The number of benzene rings is 2. The molecule has 5 aromatic rings. The van der Waals surface area contributed by atoms with Crippen molar-refractivity contribution in [2.75, 3.05) is 18.4 Å². The second kappa shape index (κ2) is 11.2. The summed E-state index contributed by atoms with van der Waals surface area (Å²) in [5, 5.41) is 13.1. The summed E-state index contributed by atoms with van der Waals surface area (Å²) < 4.78 is 11.7. The van der Waals surface area contributed by atoms with Crippen LogP contribution in [0.25, 0.3) is 22.0 Å². The van der Waals surface area contributed by atoms with Crippen molar-refractivity contribution in [2.24, 2.45) is 0 Å². The highest BCUT2D eigenvalue weighted by Crippen LogP contribution is 2.37. The van der Waals surface area contributed by atoms with Gasteiger partial charge >= 0.3 is 0 Å². The molecule has 1 aliphatic heterocycles. The standard InChI is InChI=1S/C30H31N7O2/c1-19-10-12-23-21(11-13-27-34-20(2)39-37-27)6-3-8-24(23)28(19)38-29-25(9-5-16-32-29)26-14-17-33-30(36-26)35-22-7-4-15-31-18-22/h3,5-6,8-10,12,14,16-17,22,31H,4,7,11,13,15,18H2,1-2H3,(H,33,35,36)/t22-/m0/s1. The molecule has 0 aliphatic carbocycles. The monoisotopic (exact) mass is 521 g/mol. The van der Waals surface area contributed by atoms with Gasteiger partial charge in [-0.05, 0) is 67.4 Å². The predicted octanol–water partition coefficient (Wildman–Crippen LogP) is 5.43. The smallest absolute Gasteiger partial charge is 0.228 e. The number of aromatic nitrogens is 5. The third kappa shape index (κ3) is 5.58. The first kappa shape index (κ1) is 24.9. The minimum atomic E-state index is 0.315. The van der Waals surface area contributed by atoms with Crippen LogP contribution in [0, 0.1) is 13.8 Å². The van der Waals surface area contributed by atoms with E-state index in [4.69, 9.17) is 14.2 Å². The second-order valence-electron chi connectivity index (χ2n) is 9.86. The number of piperidine rings is 1. The minimum Gasteiger partial charge on any atom is -0.437 e. The summed E-state index contributed by atoms with van der Waals surface area (Å²) in [6, 6.07) is 16.6. The van der Waals surface area contributed by atoms with Crippen molar-refractivity contribution in [2.45, 2.75) is 45.6 Å². The van der Waals surface area contributed by atoms with E-state index in [-0.39, 0.29) is 0 Å². The molecule has 4 heterocycles. The molecule has 0 saturated carbocycles. The number of hydrogen-bond acceptors (Lipinski definition) is 9. The fourth-order valence-electron chi connectivity index (χ4n) is 5.05.